The van der Waals surface area contributed by atoms with Crippen molar-refractivity contribution in [1.29, 1.82) is 0 Å². The fourth-order valence-corrected chi connectivity index (χ4v) is 2.55. The van der Waals surface area contributed by atoms with E-state index in [0.29, 0.717) is 18.7 Å². The van der Waals surface area contributed by atoms with Gasteiger partial charge in [-0.15, -0.1) is 0 Å². The summed E-state index contributed by atoms with van der Waals surface area (Å²) in [7, 11) is 1.62. The zero-order valence-electron chi connectivity index (χ0n) is 14.3. The molecule has 6 nitrogen and oxygen atoms in total. The van der Waals surface area contributed by atoms with Crippen LogP contribution in [0.25, 0.3) is 0 Å². The van der Waals surface area contributed by atoms with E-state index in [1.165, 1.54) is 0 Å². The zero-order valence-corrected chi connectivity index (χ0v) is 14.3. The van der Waals surface area contributed by atoms with Crippen LogP contribution in [0.3, 0.4) is 0 Å². The van der Waals surface area contributed by atoms with Crippen molar-refractivity contribution in [3.63, 3.8) is 0 Å². The molecule has 0 aliphatic heterocycles. The maximum atomic E-state index is 11.7. The Bertz CT molecular complexity index is 829. The van der Waals surface area contributed by atoms with Crippen molar-refractivity contribution < 1.29 is 9.21 Å². The van der Waals surface area contributed by atoms with Gasteiger partial charge in [0.15, 0.2) is 0 Å². The van der Waals surface area contributed by atoms with Crippen LogP contribution in [0.2, 0.25) is 0 Å². The summed E-state index contributed by atoms with van der Waals surface area (Å²) in [6, 6.07) is 13.2. The minimum atomic E-state index is -0.0922. The summed E-state index contributed by atoms with van der Waals surface area (Å²) in [6.07, 6.45) is 3.42. The molecule has 1 amide bonds. The van der Waals surface area contributed by atoms with Gasteiger partial charge in [-0.1, -0.05) is 12.1 Å². The Morgan fingerprint density at radius 3 is 2.60 bits per heavy atom. The Morgan fingerprint density at radius 2 is 1.96 bits per heavy atom. The number of aryl methyl sites for hydroxylation is 1. The molecule has 2 heterocycles. The standard InChI is InChI=1S/C19H20N4O2/c1-14-21-10-9-18(22-14)23(13-17-4-3-11-25-17)12-15-5-7-16(8-6-15)19(24)20-2/h3-11H,12-13H2,1-2H3,(H,20,24). The van der Waals surface area contributed by atoms with Gasteiger partial charge in [-0.05, 0) is 42.8 Å². The predicted molar refractivity (Wildman–Crippen MR) is 95.2 cm³/mol. The van der Waals surface area contributed by atoms with E-state index in [4.69, 9.17) is 4.42 Å². The molecule has 0 aliphatic rings. The molecule has 0 spiro atoms. The van der Waals surface area contributed by atoms with Crippen molar-refractivity contribution in [1.82, 2.24) is 15.3 Å². The number of rotatable bonds is 6. The maximum absolute atomic E-state index is 11.7. The number of furan rings is 1. The van der Waals surface area contributed by atoms with Gasteiger partial charge in [-0.3, -0.25) is 4.79 Å². The summed E-state index contributed by atoms with van der Waals surface area (Å²) in [4.78, 5) is 22.5. The summed E-state index contributed by atoms with van der Waals surface area (Å²) in [5.74, 6) is 2.32. The second-order valence-electron chi connectivity index (χ2n) is 5.67. The Morgan fingerprint density at radius 1 is 1.16 bits per heavy atom. The zero-order chi connectivity index (χ0) is 17.6. The lowest BCUT2D eigenvalue weighted by Crippen LogP contribution is -2.23. The molecular formula is C19H20N4O2. The topological polar surface area (TPSA) is 71.3 Å². The third-order valence-electron chi connectivity index (χ3n) is 3.83. The second kappa shape index (κ2) is 7.61. The first kappa shape index (κ1) is 16.7. The molecule has 0 saturated carbocycles. The maximum Gasteiger partial charge on any atom is 0.251 e. The lowest BCUT2D eigenvalue weighted by Gasteiger charge is -2.23. The van der Waals surface area contributed by atoms with Crippen LogP contribution in [0, 0.1) is 6.92 Å². The van der Waals surface area contributed by atoms with E-state index < -0.39 is 0 Å². The van der Waals surface area contributed by atoms with Crippen molar-refractivity contribution in [3.8, 4) is 0 Å². The number of nitrogens with one attached hydrogen (secondary N) is 1. The number of amides is 1. The number of anilines is 1. The summed E-state index contributed by atoms with van der Waals surface area (Å²) in [5, 5.41) is 2.62. The van der Waals surface area contributed by atoms with E-state index in [1.807, 2.05) is 49.4 Å². The van der Waals surface area contributed by atoms with Crippen molar-refractivity contribution in [3.05, 3.63) is 77.6 Å². The van der Waals surface area contributed by atoms with Crippen LogP contribution < -0.4 is 10.2 Å². The van der Waals surface area contributed by atoms with Gasteiger partial charge in [-0.25, -0.2) is 9.97 Å². The molecule has 1 N–H and O–H groups in total. The molecular weight excluding hydrogens is 316 g/mol. The second-order valence-corrected chi connectivity index (χ2v) is 5.67. The average molecular weight is 336 g/mol. The molecule has 3 rings (SSSR count). The van der Waals surface area contributed by atoms with E-state index in [0.717, 1.165) is 23.0 Å². The van der Waals surface area contributed by atoms with Crippen LogP contribution in [0.4, 0.5) is 5.82 Å². The highest BCUT2D eigenvalue weighted by atomic mass is 16.3. The monoisotopic (exact) mass is 336 g/mol. The molecule has 0 aliphatic carbocycles. The van der Waals surface area contributed by atoms with Crippen molar-refractivity contribution >= 4 is 11.7 Å². The summed E-state index contributed by atoms with van der Waals surface area (Å²) in [6.45, 7) is 3.11. The van der Waals surface area contributed by atoms with Crippen LogP contribution in [0.5, 0.6) is 0 Å². The first-order valence-corrected chi connectivity index (χ1v) is 8.03. The third kappa shape index (κ3) is 4.23. The number of aromatic nitrogens is 2. The molecule has 25 heavy (non-hydrogen) atoms. The minimum absolute atomic E-state index is 0.0922. The first-order valence-electron chi connectivity index (χ1n) is 8.03. The SMILES string of the molecule is CNC(=O)c1ccc(CN(Cc2ccco2)c2ccnc(C)n2)cc1. The van der Waals surface area contributed by atoms with Crippen molar-refractivity contribution in [2.45, 2.75) is 20.0 Å². The number of carbonyl (C=O) groups excluding carboxylic acids is 1. The number of hydrogen-bond acceptors (Lipinski definition) is 5. The molecule has 0 radical (unpaired) electrons. The lowest BCUT2D eigenvalue weighted by molar-refractivity contribution is 0.0963. The van der Waals surface area contributed by atoms with E-state index in [2.05, 4.69) is 20.2 Å². The number of nitrogens with zero attached hydrogens (tertiary/aromatic N) is 3. The molecule has 0 saturated heterocycles. The Balaban J connectivity index is 1.83. The van der Waals surface area contributed by atoms with Crippen molar-refractivity contribution in [2.24, 2.45) is 0 Å². The van der Waals surface area contributed by atoms with Gasteiger partial charge in [0.05, 0.1) is 12.8 Å². The number of carbonyl (C=O) groups is 1. The molecule has 0 unspecified atom stereocenters. The van der Waals surface area contributed by atoms with Gasteiger partial charge in [0.2, 0.25) is 0 Å². The van der Waals surface area contributed by atoms with E-state index >= 15 is 0 Å². The highest BCUT2D eigenvalue weighted by Gasteiger charge is 2.12. The number of hydrogen-bond donors (Lipinski definition) is 1. The Hall–Kier alpha value is -3.15. The molecule has 0 atom stereocenters. The quantitative estimate of drug-likeness (QED) is 0.749. The first-order chi connectivity index (χ1) is 12.2. The van der Waals surface area contributed by atoms with E-state index in [-0.39, 0.29) is 5.91 Å². The lowest BCUT2D eigenvalue weighted by atomic mass is 10.1. The summed E-state index contributed by atoms with van der Waals surface area (Å²) >= 11 is 0. The molecule has 2 aromatic heterocycles. The van der Waals surface area contributed by atoms with Crippen LogP contribution in [-0.2, 0) is 13.1 Å². The summed E-state index contributed by atoms with van der Waals surface area (Å²) in [5.41, 5.74) is 1.72. The molecule has 0 fully saturated rings. The summed E-state index contributed by atoms with van der Waals surface area (Å²) < 4.78 is 5.48. The Kier molecular flexibility index (Phi) is 5.09. The average Bonchev–Trinajstić information content (AvgIpc) is 3.14. The molecule has 0 bridgehead atoms. The fourth-order valence-electron chi connectivity index (χ4n) is 2.55. The number of benzene rings is 1. The third-order valence-corrected chi connectivity index (χ3v) is 3.83. The van der Waals surface area contributed by atoms with Gasteiger partial charge in [0, 0.05) is 25.4 Å². The van der Waals surface area contributed by atoms with Crippen LogP contribution >= 0.6 is 0 Å². The largest absolute Gasteiger partial charge is 0.467 e. The van der Waals surface area contributed by atoms with Crippen LogP contribution in [0.15, 0.2) is 59.3 Å². The smallest absolute Gasteiger partial charge is 0.251 e. The highest BCUT2D eigenvalue weighted by Crippen LogP contribution is 2.18. The van der Waals surface area contributed by atoms with Gasteiger partial charge in [0.25, 0.3) is 5.91 Å². The van der Waals surface area contributed by atoms with Crippen LogP contribution in [0.1, 0.15) is 27.5 Å². The van der Waals surface area contributed by atoms with Gasteiger partial charge in [0.1, 0.15) is 17.4 Å². The normalized spacial score (nSPS) is 10.5. The molecule has 3 aromatic rings. The highest BCUT2D eigenvalue weighted by molar-refractivity contribution is 5.93. The molecule has 1 aromatic carbocycles. The van der Waals surface area contributed by atoms with Crippen molar-refractivity contribution in [2.75, 3.05) is 11.9 Å². The van der Waals surface area contributed by atoms with Crippen LogP contribution in [-0.4, -0.2) is 22.9 Å². The van der Waals surface area contributed by atoms with E-state index in [1.54, 1.807) is 19.5 Å². The van der Waals surface area contributed by atoms with Gasteiger partial charge in [-0.2, -0.15) is 0 Å². The predicted octanol–water partition coefficient (Wildman–Crippen LogP) is 2.94. The van der Waals surface area contributed by atoms with Gasteiger partial charge < -0.3 is 14.6 Å². The molecule has 128 valence electrons. The molecule has 6 heteroatoms. The van der Waals surface area contributed by atoms with Gasteiger partial charge >= 0.3 is 0 Å². The minimum Gasteiger partial charge on any atom is -0.467 e. The fraction of sp³-hybridized carbons (Fsp3) is 0.211. The van der Waals surface area contributed by atoms with E-state index in [9.17, 15) is 4.79 Å². The Labute approximate surface area is 146 Å².